The van der Waals surface area contributed by atoms with E-state index in [9.17, 15) is 0 Å². The maximum atomic E-state index is 6.24. The Labute approximate surface area is 119 Å². The molecule has 2 N–H and O–H groups in total. The van der Waals surface area contributed by atoms with Gasteiger partial charge in [0.2, 0.25) is 0 Å². The molecule has 1 saturated heterocycles. The summed E-state index contributed by atoms with van der Waals surface area (Å²) in [6, 6.07) is 10.7. The zero-order valence-corrected chi connectivity index (χ0v) is 11.4. The zero-order valence-electron chi connectivity index (χ0n) is 10.6. The van der Waals surface area contributed by atoms with Crippen LogP contribution in [0.25, 0.3) is 0 Å². The number of benzene rings is 1. The van der Waals surface area contributed by atoms with Gasteiger partial charge in [-0.1, -0.05) is 30.3 Å². The van der Waals surface area contributed by atoms with Gasteiger partial charge in [0, 0.05) is 31.6 Å². The topological polar surface area (TPSA) is 55.3 Å². The van der Waals surface area contributed by atoms with Crippen molar-refractivity contribution in [1.29, 1.82) is 0 Å². The Morgan fingerprint density at radius 1 is 1.26 bits per heavy atom. The molecule has 4 nitrogen and oxygen atoms in total. The van der Waals surface area contributed by atoms with E-state index in [1.807, 2.05) is 6.07 Å². The van der Waals surface area contributed by atoms with Crippen molar-refractivity contribution in [2.24, 2.45) is 5.73 Å². The number of rotatable bonds is 3. The first-order chi connectivity index (χ1) is 8.83. The number of nitrogens with two attached hydrogens (primary N) is 1. The van der Waals surface area contributed by atoms with Gasteiger partial charge >= 0.3 is 0 Å². The summed E-state index contributed by atoms with van der Waals surface area (Å²) in [7, 11) is 0. The summed E-state index contributed by atoms with van der Waals surface area (Å²) in [6.45, 7) is 2.71. The lowest BCUT2D eigenvalue weighted by atomic mass is 9.95. The summed E-state index contributed by atoms with van der Waals surface area (Å²) >= 11 is 0. The van der Waals surface area contributed by atoms with Crippen molar-refractivity contribution in [2.45, 2.75) is 18.5 Å². The van der Waals surface area contributed by atoms with E-state index in [0.717, 1.165) is 25.3 Å². The lowest BCUT2D eigenvalue weighted by molar-refractivity contribution is 0.319. The molecule has 0 spiro atoms. The Hall–Kier alpha value is -1.36. The van der Waals surface area contributed by atoms with Crippen LogP contribution < -0.4 is 5.73 Å². The van der Waals surface area contributed by atoms with Gasteiger partial charge in [-0.15, -0.1) is 12.4 Å². The molecule has 5 heteroatoms. The van der Waals surface area contributed by atoms with E-state index in [2.05, 4.69) is 34.1 Å². The van der Waals surface area contributed by atoms with Crippen LogP contribution in [0.15, 0.2) is 47.4 Å². The molecular formula is C14H18ClN3O. The standard InChI is InChI=1S/C14H17N3O.ClH/c15-14-8-17(6-12-9-18-10-16-12)7-13(14)11-4-2-1-3-5-11;/h1-5,9-10,13-14H,6-8,15H2;1H/t13-,14+;/m0./s1. The minimum atomic E-state index is 0. The number of nitrogens with zero attached hydrogens (tertiary/aromatic N) is 2. The first-order valence-corrected chi connectivity index (χ1v) is 6.23. The average Bonchev–Trinajstić information content (AvgIpc) is 3.01. The predicted molar refractivity (Wildman–Crippen MR) is 76.2 cm³/mol. The fourth-order valence-corrected chi connectivity index (χ4v) is 2.64. The molecular weight excluding hydrogens is 262 g/mol. The molecule has 0 amide bonds. The smallest absolute Gasteiger partial charge is 0.180 e. The molecule has 0 bridgehead atoms. The van der Waals surface area contributed by atoms with Crippen LogP contribution in [0.4, 0.5) is 0 Å². The van der Waals surface area contributed by atoms with E-state index in [0.29, 0.717) is 5.92 Å². The maximum Gasteiger partial charge on any atom is 0.180 e. The van der Waals surface area contributed by atoms with Gasteiger partial charge in [0.15, 0.2) is 6.39 Å². The molecule has 3 rings (SSSR count). The molecule has 0 aliphatic carbocycles. The molecule has 1 aromatic carbocycles. The molecule has 0 radical (unpaired) electrons. The van der Waals surface area contributed by atoms with Gasteiger partial charge in [0.1, 0.15) is 6.26 Å². The van der Waals surface area contributed by atoms with E-state index in [1.54, 1.807) is 6.26 Å². The van der Waals surface area contributed by atoms with E-state index in [1.165, 1.54) is 12.0 Å². The van der Waals surface area contributed by atoms with Gasteiger partial charge in [-0.3, -0.25) is 4.90 Å². The van der Waals surface area contributed by atoms with E-state index >= 15 is 0 Å². The molecule has 1 aromatic heterocycles. The van der Waals surface area contributed by atoms with Crippen LogP contribution >= 0.6 is 12.4 Å². The average molecular weight is 280 g/mol. The molecule has 102 valence electrons. The van der Waals surface area contributed by atoms with Crippen molar-refractivity contribution >= 4 is 12.4 Å². The number of halogens is 1. The first-order valence-electron chi connectivity index (χ1n) is 6.23. The molecule has 1 aliphatic rings. The third-order valence-corrected chi connectivity index (χ3v) is 3.54. The second-order valence-electron chi connectivity index (χ2n) is 4.85. The predicted octanol–water partition coefficient (Wildman–Crippen LogP) is 2.02. The highest BCUT2D eigenvalue weighted by molar-refractivity contribution is 5.85. The molecule has 1 aliphatic heterocycles. The zero-order chi connectivity index (χ0) is 12.4. The number of oxazole rings is 1. The van der Waals surface area contributed by atoms with Crippen LogP contribution in [0.2, 0.25) is 0 Å². The SMILES string of the molecule is Cl.N[C@@H]1CN(Cc2cocn2)C[C@H]1c1ccccc1. The van der Waals surface area contributed by atoms with E-state index in [-0.39, 0.29) is 18.4 Å². The number of likely N-dealkylation sites (tertiary alicyclic amines) is 1. The number of hydrogen-bond acceptors (Lipinski definition) is 4. The van der Waals surface area contributed by atoms with Gasteiger partial charge in [0.05, 0.1) is 5.69 Å². The Morgan fingerprint density at radius 2 is 2.05 bits per heavy atom. The van der Waals surface area contributed by atoms with Gasteiger partial charge < -0.3 is 10.2 Å². The lowest BCUT2D eigenvalue weighted by Crippen LogP contribution is -2.28. The third kappa shape index (κ3) is 3.15. The normalized spacial score (nSPS) is 23.2. The summed E-state index contributed by atoms with van der Waals surface area (Å²) in [4.78, 5) is 6.49. The van der Waals surface area contributed by atoms with Crippen molar-refractivity contribution < 1.29 is 4.42 Å². The molecule has 2 atom stereocenters. The fraction of sp³-hybridized carbons (Fsp3) is 0.357. The van der Waals surface area contributed by atoms with Crippen LogP contribution in [0.5, 0.6) is 0 Å². The largest absolute Gasteiger partial charge is 0.451 e. The van der Waals surface area contributed by atoms with Crippen LogP contribution in [0.3, 0.4) is 0 Å². The van der Waals surface area contributed by atoms with Crippen LogP contribution in [-0.2, 0) is 6.54 Å². The molecule has 2 aromatic rings. The molecule has 19 heavy (non-hydrogen) atoms. The van der Waals surface area contributed by atoms with Gasteiger partial charge in [-0.2, -0.15) is 0 Å². The van der Waals surface area contributed by atoms with E-state index in [4.69, 9.17) is 10.2 Å². The number of hydrogen-bond donors (Lipinski definition) is 1. The van der Waals surface area contributed by atoms with Crippen molar-refractivity contribution in [3.63, 3.8) is 0 Å². The molecule has 2 heterocycles. The van der Waals surface area contributed by atoms with Crippen LogP contribution in [0.1, 0.15) is 17.2 Å². The van der Waals surface area contributed by atoms with Crippen molar-refractivity contribution in [3.8, 4) is 0 Å². The first kappa shape index (κ1) is 14.1. The quantitative estimate of drug-likeness (QED) is 0.934. The van der Waals surface area contributed by atoms with Gasteiger partial charge in [-0.25, -0.2) is 4.98 Å². The summed E-state index contributed by atoms with van der Waals surface area (Å²) in [5.41, 5.74) is 8.54. The Morgan fingerprint density at radius 3 is 2.74 bits per heavy atom. The number of aromatic nitrogens is 1. The van der Waals surface area contributed by atoms with Crippen molar-refractivity contribution in [2.75, 3.05) is 13.1 Å². The van der Waals surface area contributed by atoms with Crippen LogP contribution in [0, 0.1) is 0 Å². The van der Waals surface area contributed by atoms with Gasteiger partial charge in [-0.05, 0) is 5.56 Å². The second-order valence-corrected chi connectivity index (χ2v) is 4.85. The highest BCUT2D eigenvalue weighted by Crippen LogP contribution is 2.27. The molecule has 0 saturated carbocycles. The summed E-state index contributed by atoms with van der Waals surface area (Å²) < 4.78 is 4.99. The van der Waals surface area contributed by atoms with Crippen molar-refractivity contribution in [3.05, 3.63) is 54.2 Å². The van der Waals surface area contributed by atoms with Crippen LogP contribution in [-0.4, -0.2) is 29.0 Å². The summed E-state index contributed by atoms with van der Waals surface area (Å²) in [6.07, 6.45) is 3.17. The Balaban J connectivity index is 0.00000133. The summed E-state index contributed by atoms with van der Waals surface area (Å²) in [5.74, 6) is 0.415. The van der Waals surface area contributed by atoms with E-state index < -0.39 is 0 Å². The second kappa shape index (κ2) is 6.19. The fourth-order valence-electron chi connectivity index (χ4n) is 2.64. The Kier molecular flexibility index (Phi) is 4.58. The van der Waals surface area contributed by atoms with Crippen molar-refractivity contribution in [1.82, 2.24) is 9.88 Å². The maximum absolute atomic E-state index is 6.24. The minimum Gasteiger partial charge on any atom is -0.451 e. The lowest BCUT2D eigenvalue weighted by Gasteiger charge is -2.14. The molecule has 1 fully saturated rings. The highest BCUT2D eigenvalue weighted by atomic mass is 35.5. The third-order valence-electron chi connectivity index (χ3n) is 3.54. The van der Waals surface area contributed by atoms with Gasteiger partial charge in [0.25, 0.3) is 0 Å². The minimum absolute atomic E-state index is 0. The Bertz CT molecular complexity index is 489. The molecule has 0 unspecified atom stereocenters. The highest BCUT2D eigenvalue weighted by Gasteiger charge is 2.31. The summed E-state index contributed by atoms with van der Waals surface area (Å²) in [5, 5.41) is 0. The monoisotopic (exact) mass is 279 g/mol.